The molecular weight excluding hydrogens is 410 g/mol. The average molecular weight is 436 g/mol. The van der Waals surface area contributed by atoms with Gasteiger partial charge < -0.3 is 15.7 Å². The highest BCUT2D eigenvalue weighted by atomic mass is 32.2. The molecule has 12 heteroatoms. The Morgan fingerprint density at radius 2 is 1.85 bits per heavy atom. The van der Waals surface area contributed by atoms with Gasteiger partial charge in [-0.2, -0.15) is 0 Å². The minimum atomic E-state index is -0.877. The number of hydrogen-bond donors (Lipinski definition) is 3. The van der Waals surface area contributed by atoms with Crippen molar-refractivity contribution < 1.29 is 19.5 Å². The Kier molecular flexibility index (Phi) is 15.7. The number of carbonyl (C=O) groups is 3. The lowest BCUT2D eigenvalue weighted by atomic mass is 10.1. The van der Waals surface area contributed by atoms with Crippen LogP contribution >= 0.6 is 35.7 Å². The molecule has 0 bridgehead atoms. The highest BCUT2D eigenvalue weighted by Crippen LogP contribution is 2.24. The largest absolute Gasteiger partial charge is 0.481 e. The van der Waals surface area contributed by atoms with Gasteiger partial charge in [-0.25, -0.2) is 0 Å². The fraction of sp³-hybridized carbons (Fsp3) is 0.733. The Bertz CT molecular complexity index is 556. The Morgan fingerprint density at radius 3 is 2.44 bits per heavy atom. The molecule has 0 rings (SSSR count). The van der Waals surface area contributed by atoms with Crippen molar-refractivity contribution in [1.29, 1.82) is 0 Å². The Hall–Kier alpha value is -1.49. The van der Waals surface area contributed by atoms with E-state index in [4.69, 9.17) is 22.9 Å². The molecule has 0 aliphatic rings. The maximum atomic E-state index is 12.3. The van der Waals surface area contributed by atoms with Crippen LogP contribution in [0.15, 0.2) is 5.11 Å². The van der Waals surface area contributed by atoms with Crippen LogP contribution in [-0.4, -0.2) is 57.6 Å². The predicted octanol–water partition coefficient (Wildman–Crippen LogP) is 2.70. The third-order valence-electron chi connectivity index (χ3n) is 3.31. The van der Waals surface area contributed by atoms with Crippen molar-refractivity contribution in [2.24, 2.45) is 5.11 Å². The van der Waals surface area contributed by atoms with Gasteiger partial charge in [0.25, 0.3) is 0 Å². The van der Waals surface area contributed by atoms with Gasteiger partial charge in [-0.15, -0.1) is 11.8 Å². The van der Waals surface area contributed by atoms with Gasteiger partial charge in [0.1, 0.15) is 10.1 Å². The van der Waals surface area contributed by atoms with Crippen molar-refractivity contribution in [2.45, 2.75) is 43.8 Å². The van der Waals surface area contributed by atoms with Gasteiger partial charge in [0, 0.05) is 24.4 Å². The topological polar surface area (TPSA) is 144 Å². The Labute approximate surface area is 172 Å². The number of azide groups is 1. The minimum absolute atomic E-state index is 0.0295. The van der Waals surface area contributed by atoms with Gasteiger partial charge in [0.05, 0.1) is 5.25 Å². The minimum Gasteiger partial charge on any atom is -0.481 e. The van der Waals surface area contributed by atoms with E-state index in [1.165, 1.54) is 23.5 Å². The molecule has 0 fully saturated rings. The van der Waals surface area contributed by atoms with E-state index in [0.29, 0.717) is 29.5 Å². The lowest BCUT2D eigenvalue weighted by Crippen LogP contribution is -2.34. The number of rotatable bonds is 14. The summed E-state index contributed by atoms with van der Waals surface area (Å²) in [6, 6.07) is 0. The summed E-state index contributed by atoms with van der Waals surface area (Å²) in [5.41, 5.74) is 8.11. The SMILES string of the molecule is CSC(=S)SC(CCCC(=O)O)C(=O)NCCCCCNC(=O)CN=[N+]=[N-]. The number of aliphatic carboxylic acids is 1. The molecule has 0 aliphatic heterocycles. The second-order valence-electron chi connectivity index (χ2n) is 5.44. The molecule has 2 amide bonds. The number of nitrogens with zero attached hydrogens (tertiary/aromatic N) is 3. The highest BCUT2D eigenvalue weighted by molar-refractivity contribution is 8.47. The third-order valence-corrected chi connectivity index (χ3v) is 6.14. The smallest absolute Gasteiger partial charge is 0.303 e. The molecule has 152 valence electrons. The van der Waals surface area contributed by atoms with Crippen LogP contribution in [0.2, 0.25) is 0 Å². The van der Waals surface area contributed by atoms with Crippen LogP contribution in [0.3, 0.4) is 0 Å². The quantitative estimate of drug-likeness (QED) is 0.125. The van der Waals surface area contributed by atoms with Gasteiger partial charge in [-0.1, -0.05) is 29.1 Å². The van der Waals surface area contributed by atoms with E-state index in [1.807, 2.05) is 6.26 Å². The Balaban J connectivity index is 4.03. The molecule has 0 aromatic heterocycles. The van der Waals surface area contributed by atoms with Crippen LogP contribution in [-0.2, 0) is 14.4 Å². The predicted molar refractivity (Wildman–Crippen MR) is 113 cm³/mol. The first-order valence-corrected chi connectivity index (χ1v) is 10.9. The summed E-state index contributed by atoms with van der Waals surface area (Å²) < 4.78 is 0.655. The van der Waals surface area contributed by atoms with Crippen LogP contribution in [0.5, 0.6) is 0 Å². The molecule has 9 nitrogen and oxygen atoms in total. The maximum Gasteiger partial charge on any atom is 0.303 e. The summed E-state index contributed by atoms with van der Waals surface area (Å²) in [4.78, 5) is 36.7. The molecule has 0 saturated carbocycles. The van der Waals surface area contributed by atoms with Crippen LogP contribution < -0.4 is 10.6 Å². The van der Waals surface area contributed by atoms with Crippen molar-refractivity contribution in [2.75, 3.05) is 25.9 Å². The fourth-order valence-electron chi connectivity index (χ4n) is 1.98. The van der Waals surface area contributed by atoms with Crippen molar-refractivity contribution in [3.05, 3.63) is 10.4 Å². The molecule has 0 aliphatic carbocycles. The molecule has 0 heterocycles. The monoisotopic (exact) mass is 435 g/mol. The molecule has 0 aromatic rings. The lowest BCUT2D eigenvalue weighted by Gasteiger charge is -2.16. The third kappa shape index (κ3) is 15.3. The first kappa shape index (κ1) is 25.5. The van der Waals surface area contributed by atoms with E-state index >= 15 is 0 Å². The van der Waals surface area contributed by atoms with Crippen LogP contribution in [0.4, 0.5) is 0 Å². The van der Waals surface area contributed by atoms with E-state index < -0.39 is 5.97 Å². The molecule has 1 atom stereocenters. The van der Waals surface area contributed by atoms with Gasteiger partial charge in [-0.05, 0) is 43.9 Å². The summed E-state index contributed by atoms with van der Waals surface area (Å²) >= 11 is 7.84. The summed E-state index contributed by atoms with van der Waals surface area (Å²) in [7, 11) is 0. The molecule has 27 heavy (non-hydrogen) atoms. The molecule has 0 saturated heterocycles. The van der Waals surface area contributed by atoms with Gasteiger partial charge in [-0.3, -0.25) is 14.4 Å². The number of carbonyl (C=O) groups excluding carboxylic acids is 2. The highest BCUT2D eigenvalue weighted by Gasteiger charge is 2.20. The van der Waals surface area contributed by atoms with Crippen LogP contribution in [0.1, 0.15) is 38.5 Å². The maximum absolute atomic E-state index is 12.3. The van der Waals surface area contributed by atoms with Gasteiger partial charge in [0.15, 0.2) is 0 Å². The van der Waals surface area contributed by atoms with E-state index in [0.717, 1.165) is 19.3 Å². The summed E-state index contributed by atoms with van der Waals surface area (Å²) in [5.74, 6) is -1.32. The van der Waals surface area contributed by atoms with E-state index in [9.17, 15) is 14.4 Å². The number of thioether (sulfide) groups is 2. The Morgan fingerprint density at radius 1 is 1.19 bits per heavy atom. The standard InChI is InChI=1S/C15H25N5O4S3/c1-26-15(25)27-11(6-5-7-13(22)23)14(24)18-9-4-2-3-8-17-12(21)10-19-20-16/h11H,2-10H2,1H3,(H,17,21)(H,18,24)(H,22,23). The van der Waals surface area contributed by atoms with Crippen LogP contribution in [0, 0.1) is 0 Å². The number of unbranched alkanes of at least 4 members (excludes halogenated alkanes) is 2. The zero-order chi connectivity index (χ0) is 20.5. The van der Waals surface area contributed by atoms with Crippen molar-refractivity contribution >= 4 is 57.1 Å². The average Bonchev–Trinajstić information content (AvgIpc) is 2.63. The number of hydrogen-bond acceptors (Lipinski definition) is 7. The molecular formula is C15H25N5O4S3. The summed E-state index contributed by atoms with van der Waals surface area (Å²) in [6.45, 7) is 0.794. The van der Waals surface area contributed by atoms with E-state index in [-0.39, 0.29) is 30.0 Å². The first-order chi connectivity index (χ1) is 12.9. The number of nitrogens with one attached hydrogen (secondary N) is 2. The van der Waals surface area contributed by atoms with E-state index in [2.05, 4.69) is 20.7 Å². The second-order valence-corrected chi connectivity index (χ2v) is 8.65. The van der Waals surface area contributed by atoms with Gasteiger partial charge in [0.2, 0.25) is 11.8 Å². The van der Waals surface area contributed by atoms with Crippen molar-refractivity contribution in [3.63, 3.8) is 0 Å². The van der Waals surface area contributed by atoms with E-state index in [1.54, 1.807) is 0 Å². The molecule has 0 spiro atoms. The molecule has 1 unspecified atom stereocenters. The fourth-order valence-corrected chi connectivity index (χ4v) is 3.77. The van der Waals surface area contributed by atoms with Crippen molar-refractivity contribution in [3.8, 4) is 0 Å². The molecule has 3 N–H and O–H groups in total. The number of carboxylic acid groups (broad SMARTS) is 1. The number of amides is 2. The van der Waals surface area contributed by atoms with Gasteiger partial charge >= 0.3 is 5.97 Å². The number of thiocarbonyl (C=S) groups is 1. The lowest BCUT2D eigenvalue weighted by molar-refractivity contribution is -0.137. The summed E-state index contributed by atoms with van der Waals surface area (Å²) in [5, 5.41) is 17.0. The second kappa shape index (κ2) is 16.7. The van der Waals surface area contributed by atoms with Crippen LogP contribution in [0.25, 0.3) is 10.4 Å². The molecule has 0 radical (unpaired) electrons. The molecule has 0 aromatic carbocycles. The summed E-state index contributed by atoms with van der Waals surface area (Å²) in [6.07, 6.45) is 5.09. The first-order valence-electron chi connectivity index (χ1n) is 8.42. The zero-order valence-electron chi connectivity index (χ0n) is 15.2. The van der Waals surface area contributed by atoms with Crippen molar-refractivity contribution in [1.82, 2.24) is 10.6 Å². The number of carboxylic acids is 1. The zero-order valence-corrected chi connectivity index (χ0v) is 17.6. The normalized spacial score (nSPS) is 11.1.